The summed E-state index contributed by atoms with van der Waals surface area (Å²) in [5, 5.41) is 16.9. The van der Waals surface area contributed by atoms with E-state index in [2.05, 4.69) is 10.0 Å². The maximum Gasteiger partial charge on any atom is 0.150 e. The maximum atomic E-state index is 10.4. The molecule has 3 aromatic rings. The molecular formula is C17H15N3O2S. The number of nitrogens with zero attached hydrogens (tertiary/aromatic N) is 3. The number of aliphatic hydroxyl groups is 1. The SMILES string of the molecule is [N-]=[N+]=NC[C@@H](O)[C@H](Oc1cccc2sccc12)c1ccccc1. The van der Waals surface area contributed by atoms with E-state index < -0.39 is 12.2 Å². The smallest absolute Gasteiger partial charge is 0.150 e. The molecule has 5 nitrogen and oxygen atoms in total. The Morgan fingerprint density at radius 2 is 1.96 bits per heavy atom. The van der Waals surface area contributed by atoms with Crippen molar-refractivity contribution >= 4 is 21.4 Å². The Morgan fingerprint density at radius 1 is 1.13 bits per heavy atom. The van der Waals surface area contributed by atoms with Crippen LogP contribution in [0.5, 0.6) is 5.75 Å². The third kappa shape index (κ3) is 3.46. The highest BCUT2D eigenvalue weighted by atomic mass is 32.1. The predicted molar refractivity (Wildman–Crippen MR) is 91.7 cm³/mol. The average Bonchev–Trinajstić information content (AvgIpc) is 3.07. The summed E-state index contributed by atoms with van der Waals surface area (Å²) >= 11 is 1.64. The van der Waals surface area contributed by atoms with E-state index in [0.29, 0.717) is 5.75 Å². The quantitative estimate of drug-likeness (QED) is 0.405. The minimum Gasteiger partial charge on any atom is -0.482 e. The van der Waals surface area contributed by atoms with Crippen molar-refractivity contribution in [3.05, 3.63) is 76.0 Å². The fraction of sp³-hybridized carbons (Fsp3) is 0.176. The first kappa shape index (κ1) is 15.4. The first-order valence-electron chi connectivity index (χ1n) is 7.16. The van der Waals surface area contributed by atoms with Crippen LogP contribution >= 0.6 is 11.3 Å². The standard InChI is InChI=1S/C17H15N3O2S/c18-20-19-11-14(21)17(12-5-2-1-3-6-12)22-15-7-4-8-16-13(15)9-10-23-16/h1-10,14,17,21H,11H2/t14-,17-/m1/s1. The van der Waals surface area contributed by atoms with Crippen molar-refractivity contribution in [3.63, 3.8) is 0 Å². The van der Waals surface area contributed by atoms with Crippen LogP contribution in [0.4, 0.5) is 0 Å². The van der Waals surface area contributed by atoms with Gasteiger partial charge in [-0.3, -0.25) is 0 Å². The molecule has 116 valence electrons. The summed E-state index contributed by atoms with van der Waals surface area (Å²) in [6.07, 6.45) is -1.53. The minimum absolute atomic E-state index is 0.0460. The molecule has 6 heteroatoms. The molecule has 0 aliphatic heterocycles. The van der Waals surface area contributed by atoms with Crippen LogP contribution in [0.2, 0.25) is 0 Å². The van der Waals surface area contributed by atoms with Gasteiger partial charge in [0.1, 0.15) is 18.0 Å². The number of hydrogen-bond acceptors (Lipinski definition) is 4. The summed E-state index contributed by atoms with van der Waals surface area (Å²) in [5.41, 5.74) is 9.31. The predicted octanol–water partition coefficient (Wildman–Crippen LogP) is 4.69. The Morgan fingerprint density at radius 3 is 2.74 bits per heavy atom. The zero-order valence-electron chi connectivity index (χ0n) is 12.2. The van der Waals surface area contributed by atoms with Gasteiger partial charge in [0.2, 0.25) is 0 Å². The normalized spacial score (nSPS) is 13.3. The van der Waals surface area contributed by atoms with Gasteiger partial charge in [0, 0.05) is 15.0 Å². The van der Waals surface area contributed by atoms with Crippen LogP contribution in [0.25, 0.3) is 20.5 Å². The van der Waals surface area contributed by atoms with E-state index >= 15 is 0 Å². The molecule has 0 aliphatic rings. The first-order chi connectivity index (χ1) is 11.3. The lowest BCUT2D eigenvalue weighted by molar-refractivity contribution is 0.0424. The van der Waals surface area contributed by atoms with Crippen LogP contribution in [0.15, 0.2) is 65.1 Å². The lowest BCUT2D eigenvalue weighted by Crippen LogP contribution is -2.26. The van der Waals surface area contributed by atoms with Gasteiger partial charge in [0.15, 0.2) is 0 Å². The number of azide groups is 1. The molecule has 23 heavy (non-hydrogen) atoms. The lowest BCUT2D eigenvalue weighted by Gasteiger charge is -2.24. The van der Waals surface area contributed by atoms with Gasteiger partial charge in [0.05, 0.1) is 6.54 Å². The third-order valence-electron chi connectivity index (χ3n) is 3.52. The second-order valence-corrected chi connectivity index (χ2v) is 5.97. The van der Waals surface area contributed by atoms with Gasteiger partial charge < -0.3 is 9.84 Å². The monoisotopic (exact) mass is 325 g/mol. The molecule has 0 fully saturated rings. The molecule has 0 radical (unpaired) electrons. The minimum atomic E-state index is -0.929. The lowest BCUT2D eigenvalue weighted by atomic mass is 10.0. The molecule has 0 saturated heterocycles. The highest BCUT2D eigenvalue weighted by Gasteiger charge is 2.23. The molecule has 1 aromatic heterocycles. The van der Waals surface area contributed by atoms with Crippen molar-refractivity contribution in [2.45, 2.75) is 12.2 Å². The van der Waals surface area contributed by atoms with E-state index in [-0.39, 0.29) is 6.54 Å². The number of fused-ring (bicyclic) bond motifs is 1. The van der Waals surface area contributed by atoms with E-state index in [4.69, 9.17) is 10.3 Å². The second-order valence-electron chi connectivity index (χ2n) is 5.02. The molecule has 1 heterocycles. The van der Waals surface area contributed by atoms with E-state index in [1.165, 1.54) is 0 Å². The summed E-state index contributed by atoms with van der Waals surface area (Å²) in [4.78, 5) is 2.71. The Kier molecular flexibility index (Phi) is 4.78. The Hall–Kier alpha value is -2.53. The first-order valence-corrected chi connectivity index (χ1v) is 8.04. The molecule has 2 atom stereocenters. The molecular weight excluding hydrogens is 310 g/mol. The molecule has 2 aromatic carbocycles. The number of ether oxygens (including phenoxy) is 1. The molecule has 0 aliphatic carbocycles. The summed E-state index contributed by atoms with van der Waals surface area (Å²) in [6, 6.07) is 17.3. The van der Waals surface area contributed by atoms with Crippen molar-refractivity contribution in [1.82, 2.24) is 0 Å². The van der Waals surface area contributed by atoms with Gasteiger partial charge in [0.25, 0.3) is 0 Å². The second kappa shape index (κ2) is 7.15. The number of benzene rings is 2. The van der Waals surface area contributed by atoms with Crippen LogP contribution in [0.1, 0.15) is 11.7 Å². The topological polar surface area (TPSA) is 78.2 Å². The summed E-state index contributed by atoms with van der Waals surface area (Å²) in [7, 11) is 0. The van der Waals surface area contributed by atoms with Gasteiger partial charge >= 0.3 is 0 Å². The zero-order chi connectivity index (χ0) is 16.1. The van der Waals surface area contributed by atoms with Crippen molar-refractivity contribution < 1.29 is 9.84 Å². The molecule has 3 rings (SSSR count). The van der Waals surface area contributed by atoms with Gasteiger partial charge in [-0.1, -0.05) is 41.5 Å². The van der Waals surface area contributed by atoms with Gasteiger partial charge in [-0.2, -0.15) is 0 Å². The van der Waals surface area contributed by atoms with Crippen LogP contribution in [-0.4, -0.2) is 17.8 Å². The summed E-state index contributed by atoms with van der Waals surface area (Å²) in [6.45, 7) is -0.0460. The van der Waals surface area contributed by atoms with Crippen molar-refractivity contribution in [2.24, 2.45) is 5.11 Å². The summed E-state index contributed by atoms with van der Waals surface area (Å²) < 4.78 is 7.23. The van der Waals surface area contributed by atoms with Crippen molar-refractivity contribution in [3.8, 4) is 5.75 Å². The Balaban J connectivity index is 1.95. The Labute approximate surface area is 137 Å². The molecule has 0 unspecified atom stereocenters. The fourth-order valence-electron chi connectivity index (χ4n) is 2.43. The molecule has 0 spiro atoms. The molecule has 1 N–H and O–H groups in total. The maximum absolute atomic E-state index is 10.4. The average molecular weight is 325 g/mol. The van der Waals surface area contributed by atoms with Gasteiger partial charge in [-0.25, -0.2) is 0 Å². The zero-order valence-corrected chi connectivity index (χ0v) is 13.1. The van der Waals surface area contributed by atoms with E-state index in [1.54, 1.807) is 11.3 Å². The summed E-state index contributed by atoms with van der Waals surface area (Å²) in [5.74, 6) is 0.706. The van der Waals surface area contributed by atoms with Crippen LogP contribution in [0.3, 0.4) is 0 Å². The highest BCUT2D eigenvalue weighted by molar-refractivity contribution is 7.17. The number of rotatable bonds is 6. The number of hydrogen-bond donors (Lipinski definition) is 1. The van der Waals surface area contributed by atoms with Gasteiger partial charge in [-0.05, 0) is 34.7 Å². The molecule has 0 bridgehead atoms. The number of thiophene rings is 1. The molecule has 0 amide bonds. The van der Waals surface area contributed by atoms with E-state index in [9.17, 15) is 5.11 Å². The fourth-order valence-corrected chi connectivity index (χ4v) is 3.24. The van der Waals surface area contributed by atoms with E-state index in [1.807, 2.05) is 60.0 Å². The van der Waals surface area contributed by atoms with E-state index in [0.717, 1.165) is 15.6 Å². The largest absolute Gasteiger partial charge is 0.482 e. The van der Waals surface area contributed by atoms with Crippen molar-refractivity contribution in [2.75, 3.05) is 6.54 Å². The van der Waals surface area contributed by atoms with Crippen LogP contribution in [0, 0.1) is 0 Å². The third-order valence-corrected chi connectivity index (χ3v) is 4.40. The van der Waals surface area contributed by atoms with Crippen LogP contribution in [-0.2, 0) is 0 Å². The van der Waals surface area contributed by atoms with Gasteiger partial charge in [-0.15, -0.1) is 11.3 Å². The molecule has 0 saturated carbocycles. The number of aliphatic hydroxyl groups excluding tert-OH is 1. The van der Waals surface area contributed by atoms with Crippen LogP contribution < -0.4 is 4.74 Å². The highest BCUT2D eigenvalue weighted by Crippen LogP contribution is 2.33. The Bertz CT molecular complexity index is 828. The van der Waals surface area contributed by atoms with Crippen molar-refractivity contribution in [1.29, 1.82) is 0 Å².